The van der Waals surface area contributed by atoms with E-state index in [0.717, 1.165) is 32.4 Å². The Hall–Kier alpha value is -0.770. The first-order chi connectivity index (χ1) is 9.11. The van der Waals surface area contributed by atoms with Gasteiger partial charge >= 0.3 is 6.03 Å². The summed E-state index contributed by atoms with van der Waals surface area (Å²) < 4.78 is 0. The Morgan fingerprint density at radius 3 is 2.16 bits per heavy atom. The highest BCUT2D eigenvalue weighted by atomic mass is 16.2. The smallest absolute Gasteiger partial charge is 0.320 e. The second-order valence-corrected chi connectivity index (χ2v) is 5.79. The van der Waals surface area contributed by atoms with E-state index in [1.807, 2.05) is 14.0 Å². The average molecular weight is 269 g/mol. The molecule has 1 rings (SSSR count). The molecular weight excluding hydrogens is 238 g/mol. The monoisotopic (exact) mass is 269 g/mol. The van der Waals surface area contributed by atoms with E-state index in [0.29, 0.717) is 6.54 Å². The van der Waals surface area contributed by atoms with Crippen LogP contribution in [0.5, 0.6) is 0 Å². The molecule has 0 aromatic carbocycles. The van der Waals surface area contributed by atoms with Crippen molar-refractivity contribution >= 4 is 6.03 Å². The van der Waals surface area contributed by atoms with Crippen LogP contribution >= 0.6 is 0 Å². The molecule has 2 amide bonds. The predicted molar refractivity (Wildman–Crippen MR) is 80.2 cm³/mol. The third-order valence-electron chi connectivity index (χ3n) is 4.47. The first kappa shape index (κ1) is 16.3. The Morgan fingerprint density at radius 2 is 1.74 bits per heavy atom. The summed E-state index contributed by atoms with van der Waals surface area (Å²) in [7, 11) is 1.88. The molecule has 0 aromatic rings. The highest BCUT2D eigenvalue weighted by molar-refractivity contribution is 5.75. The number of amides is 2. The Kier molecular flexibility index (Phi) is 6.63. The van der Waals surface area contributed by atoms with Gasteiger partial charge in [-0.15, -0.1) is 0 Å². The van der Waals surface area contributed by atoms with E-state index in [1.54, 1.807) is 4.90 Å². The van der Waals surface area contributed by atoms with Gasteiger partial charge in [0.1, 0.15) is 0 Å². The SMILES string of the molecule is CCCN(C(=O)N(C)CC)C1(CN)CCCCCC1. The number of carbonyl (C=O) groups excluding carboxylic acids is 1. The lowest BCUT2D eigenvalue weighted by molar-refractivity contribution is 0.0823. The number of rotatable bonds is 5. The minimum absolute atomic E-state index is 0.104. The fourth-order valence-electron chi connectivity index (χ4n) is 3.07. The van der Waals surface area contributed by atoms with Crippen LogP contribution in [0.4, 0.5) is 4.79 Å². The van der Waals surface area contributed by atoms with Crippen LogP contribution in [0.15, 0.2) is 0 Å². The van der Waals surface area contributed by atoms with Crippen LogP contribution in [0.3, 0.4) is 0 Å². The van der Waals surface area contributed by atoms with E-state index in [-0.39, 0.29) is 11.6 Å². The Labute approximate surface area is 118 Å². The van der Waals surface area contributed by atoms with Crippen molar-refractivity contribution in [3.05, 3.63) is 0 Å². The highest BCUT2D eigenvalue weighted by Crippen LogP contribution is 2.32. The van der Waals surface area contributed by atoms with Gasteiger partial charge in [-0.25, -0.2) is 4.79 Å². The van der Waals surface area contributed by atoms with Crippen molar-refractivity contribution in [1.29, 1.82) is 0 Å². The van der Waals surface area contributed by atoms with Crippen molar-refractivity contribution in [2.75, 3.05) is 26.7 Å². The van der Waals surface area contributed by atoms with E-state index in [4.69, 9.17) is 5.73 Å². The maximum absolute atomic E-state index is 12.6. The molecule has 112 valence electrons. The van der Waals surface area contributed by atoms with Crippen LogP contribution in [-0.2, 0) is 0 Å². The molecule has 1 aliphatic carbocycles. The number of hydrogen-bond donors (Lipinski definition) is 1. The molecule has 2 N–H and O–H groups in total. The van der Waals surface area contributed by atoms with Gasteiger partial charge in [-0.1, -0.05) is 32.6 Å². The van der Waals surface area contributed by atoms with Crippen LogP contribution in [-0.4, -0.2) is 48.1 Å². The highest BCUT2D eigenvalue weighted by Gasteiger charge is 2.39. The fourth-order valence-corrected chi connectivity index (χ4v) is 3.07. The standard InChI is InChI=1S/C15H31N3O/c1-4-12-18(14(19)17(3)5-2)15(13-16)10-8-6-7-9-11-15/h4-13,16H2,1-3H3. The van der Waals surface area contributed by atoms with Crippen LogP contribution in [0.25, 0.3) is 0 Å². The molecule has 19 heavy (non-hydrogen) atoms. The van der Waals surface area contributed by atoms with Crippen LogP contribution in [0.1, 0.15) is 58.8 Å². The van der Waals surface area contributed by atoms with Gasteiger partial charge in [0.15, 0.2) is 0 Å². The van der Waals surface area contributed by atoms with Gasteiger partial charge in [-0.05, 0) is 26.2 Å². The summed E-state index contributed by atoms with van der Waals surface area (Å²) in [4.78, 5) is 16.5. The molecule has 0 aromatic heterocycles. The zero-order valence-electron chi connectivity index (χ0n) is 13.0. The second-order valence-electron chi connectivity index (χ2n) is 5.79. The third kappa shape index (κ3) is 3.85. The predicted octanol–water partition coefficient (Wildman–Crippen LogP) is 2.82. The van der Waals surface area contributed by atoms with Gasteiger partial charge in [0.2, 0.25) is 0 Å². The maximum atomic E-state index is 12.6. The molecule has 0 radical (unpaired) electrons. The van der Waals surface area contributed by atoms with Crippen molar-refractivity contribution in [2.45, 2.75) is 64.3 Å². The molecule has 0 bridgehead atoms. The number of nitrogens with zero attached hydrogens (tertiary/aromatic N) is 2. The lowest BCUT2D eigenvalue weighted by Gasteiger charge is -2.44. The summed E-state index contributed by atoms with van der Waals surface area (Å²) in [6, 6.07) is 0.150. The molecule has 0 atom stereocenters. The Balaban J connectivity index is 2.94. The molecule has 0 spiro atoms. The second kappa shape index (κ2) is 7.73. The molecule has 4 heteroatoms. The molecule has 0 unspecified atom stereocenters. The van der Waals surface area contributed by atoms with E-state index in [1.165, 1.54) is 25.7 Å². The molecular formula is C15H31N3O. The summed E-state index contributed by atoms with van der Waals surface area (Å²) in [5, 5.41) is 0. The molecule has 0 saturated heterocycles. The third-order valence-corrected chi connectivity index (χ3v) is 4.47. The number of carbonyl (C=O) groups is 1. The lowest BCUT2D eigenvalue weighted by atomic mass is 9.88. The van der Waals surface area contributed by atoms with Gasteiger partial charge in [-0.3, -0.25) is 0 Å². The normalized spacial score (nSPS) is 18.7. The number of urea groups is 1. The Morgan fingerprint density at radius 1 is 1.16 bits per heavy atom. The summed E-state index contributed by atoms with van der Waals surface area (Å²) in [6.45, 7) is 6.31. The number of nitrogens with two attached hydrogens (primary N) is 1. The molecule has 0 aliphatic heterocycles. The summed E-state index contributed by atoms with van der Waals surface area (Å²) in [5.41, 5.74) is 6.00. The van der Waals surface area contributed by atoms with Gasteiger partial charge in [0.05, 0.1) is 5.54 Å². The maximum Gasteiger partial charge on any atom is 0.320 e. The molecule has 1 fully saturated rings. The van der Waals surface area contributed by atoms with E-state index >= 15 is 0 Å². The van der Waals surface area contributed by atoms with Gasteiger partial charge in [-0.2, -0.15) is 0 Å². The van der Waals surface area contributed by atoms with Crippen LogP contribution < -0.4 is 5.73 Å². The first-order valence-electron chi connectivity index (χ1n) is 7.84. The Bertz CT molecular complexity index is 273. The van der Waals surface area contributed by atoms with Crippen molar-refractivity contribution in [3.63, 3.8) is 0 Å². The largest absolute Gasteiger partial charge is 0.328 e. The van der Waals surface area contributed by atoms with Crippen molar-refractivity contribution in [1.82, 2.24) is 9.80 Å². The average Bonchev–Trinajstić information content (AvgIpc) is 2.69. The van der Waals surface area contributed by atoms with Gasteiger partial charge in [0.25, 0.3) is 0 Å². The van der Waals surface area contributed by atoms with Gasteiger partial charge in [0, 0.05) is 26.7 Å². The molecule has 4 nitrogen and oxygen atoms in total. The fraction of sp³-hybridized carbons (Fsp3) is 0.933. The summed E-state index contributed by atoms with van der Waals surface area (Å²) >= 11 is 0. The molecule has 1 aliphatic rings. The topological polar surface area (TPSA) is 49.6 Å². The van der Waals surface area contributed by atoms with E-state index in [2.05, 4.69) is 11.8 Å². The van der Waals surface area contributed by atoms with Gasteiger partial charge < -0.3 is 15.5 Å². The summed E-state index contributed by atoms with van der Waals surface area (Å²) in [5.74, 6) is 0. The zero-order chi connectivity index (χ0) is 14.3. The zero-order valence-corrected chi connectivity index (χ0v) is 13.0. The minimum Gasteiger partial charge on any atom is -0.328 e. The summed E-state index contributed by atoms with van der Waals surface area (Å²) in [6.07, 6.45) is 8.06. The quantitative estimate of drug-likeness (QED) is 0.780. The van der Waals surface area contributed by atoms with Crippen molar-refractivity contribution < 1.29 is 4.79 Å². The molecule has 1 saturated carbocycles. The van der Waals surface area contributed by atoms with E-state index < -0.39 is 0 Å². The lowest BCUT2D eigenvalue weighted by Crippen LogP contribution is -2.59. The first-order valence-corrected chi connectivity index (χ1v) is 7.84. The number of hydrogen-bond acceptors (Lipinski definition) is 2. The van der Waals surface area contributed by atoms with Crippen LogP contribution in [0, 0.1) is 0 Å². The molecule has 0 heterocycles. The minimum atomic E-state index is -0.104. The van der Waals surface area contributed by atoms with Crippen LogP contribution in [0.2, 0.25) is 0 Å². The van der Waals surface area contributed by atoms with Crippen molar-refractivity contribution in [3.8, 4) is 0 Å². The van der Waals surface area contributed by atoms with E-state index in [9.17, 15) is 4.79 Å². The van der Waals surface area contributed by atoms with Crippen molar-refractivity contribution in [2.24, 2.45) is 5.73 Å².